The van der Waals surface area contributed by atoms with Crippen molar-refractivity contribution < 1.29 is 14.6 Å². The number of ether oxygens (including phenoxy) is 1. The Morgan fingerprint density at radius 1 is 1.30 bits per heavy atom. The van der Waals surface area contributed by atoms with Crippen molar-refractivity contribution in [3.63, 3.8) is 0 Å². The Bertz CT molecular complexity index is 818. The van der Waals surface area contributed by atoms with Gasteiger partial charge in [0.2, 0.25) is 0 Å². The number of nitrogens with zero attached hydrogens (tertiary/aromatic N) is 2. The molecule has 0 radical (unpaired) electrons. The second-order valence-electron chi connectivity index (χ2n) is 8.12. The fraction of sp³-hybridized carbons (Fsp3) is 0.455. The third-order valence-corrected chi connectivity index (χ3v) is 4.77. The number of hydrogen-bond donors (Lipinski definition) is 1. The first-order chi connectivity index (χ1) is 12.8. The van der Waals surface area contributed by atoms with E-state index in [0.29, 0.717) is 13.1 Å². The molecule has 1 aliphatic heterocycles. The van der Waals surface area contributed by atoms with Gasteiger partial charge in [-0.05, 0) is 57.2 Å². The van der Waals surface area contributed by atoms with E-state index in [0.717, 1.165) is 29.3 Å². The minimum absolute atomic E-state index is 0.147. The number of amides is 1. The van der Waals surface area contributed by atoms with E-state index in [1.54, 1.807) is 4.90 Å². The molecule has 0 bridgehead atoms. The topological polar surface area (TPSA) is 62.7 Å². The summed E-state index contributed by atoms with van der Waals surface area (Å²) in [6, 6.07) is 10.0. The number of pyridine rings is 1. The molecule has 0 spiro atoms. The van der Waals surface area contributed by atoms with Gasteiger partial charge in [-0.25, -0.2) is 4.79 Å². The van der Waals surface area contributed by atoms with Gasteiger partial charge in [-0.15, -0.1) is 0 Å². The van der Waals surface area contributed by atoms with Crippen LogP contribution in [0.15, 0.2) is 42.6 Å². The highest BCUT2D eigenvalue weighted by atomic mass is 16.6. The van der Waals surface area contributed by atoms with Gasteiger partial charge in [0.1, 0.15) is 5.60 Å². The fourth-order valence-electron chi connectivity index (χ4n) is 3.30. The Balaban J connectivity index is 1.55. The number of rotatable bonds is 3. The van der Waals surface area contributed by atoms with E-state index < -0.39 is 11.7 Å². The molecule has 1 unspecified atom stereocenters. The minimum Gasteiger partial charge on any atom is -0.444 e. The number of carbonyl (C=O) groups excluding carboxylic acids is 1. The molecule has 2 heterocycles. The summed E-state index contributed by atoms with van der Waals surface area (Å²) in [6.45, 7) is 6.83. The Morgan fingerprint density at radius 3 is 2.70 bits per heavy atom. The summed E-state index contributed by atoms with van der Waals surface area (Å²) in [5.41, 5.74) is 1.45. The zero-order chi connectivity index (χ0) is 19.4. The van der Waals surface area contributed by atoms with E-state index in [2.05, 4.69) is 11.1 Å². The fourth-order valence-corrected chi connectivity index (χ4v) is 3.30. The lowest BCUT2D eigenvalue weighted by Crippen LogP contribution is -2.43. The summed E-state index contributed by atoms with van der Waals surface area (Å²) in [5.74, 6) is 0.147. The van der Waals surface area contributed by atoms with Crippen molar-refractivity contribution in [2.24, 2.45) is 5.92 Å². The molecule has 1 atom stereocenters. The maximum atomic E-state index is 12.1. The second kappa shape index (κ2) is 8.09. The molecule has 2 aromatic rings. The van der Waals surface area contributed by atoms with Gasteiger partial charge in [-0.3, -0.25) is 4.98 Å². The maximum Gasteiger partial charge on any atom is 0.410 e. The van der Waals surface area contributed by atoms with Gasteiger partial charge in [0.05, 0.1) is 11.6 Å². The average Bonchev–Trinajstić information content (AvgIpc) is 2.64. The molecule has 27 heavy (non-hydrogen) atoms. The van der Waals surface area contributed by atoms with E-state index in [9.17, 15) is 9.90 Å². The van der Waals surface area contributed by atoms with E-state index in [4.69, 9.17) is 4.74 Å². The first kappa shape index (κ1) is 19.4. The summed E-state index contributed by atoms with van der Waals surface area (Å²) in [7, 11) is 0. The smallest absolute Gasteiger partial charge is 0.410 e. The van der Waals surface area contributed by atoms with Crippen LogP contribution in [0.5, 0.6) is 0 Å². The number of aromatic nitrogens is 1. The molecule has 0 saturated carbocycles. The van der Waals surface area contributed by atoms with Crippen molar-refractivity contribution >= 4 is 23.1 Å². The highest BCUT2D eigenvalue weighted by Gasteiger charge is 2.29. The summed E-state index contributed by atoms with van der Waals surface area (Å²) in [4.78, 5) is 18.3. The highest BCUT2D eigenvalue weighted by molar-refractivity contribution is 5.80. The largest absolute Gasteiger partial charge is 0.444 e. The summed E-state index contributed by atoms with van der Waals surface area (Å²) >= 11 is 0. The van der Waals surface area contributed by atoms with Gasteiger partial charge in [0.15, 0.2) is 0 Å². The third-order valence-electron chi connectivity index (χ3n) is 4.77. The van der Waals surface area contributed by atoms with Crippen molar-refractivity contribution in [2.75, 3.05) is 13.1 Å². The number of aliphatic hydroxyl groups is 1. The predicted molar refractivity (Wildman–Crippen MR) is 107 cm³/mol. The standard InChI is InChI=1S/C22H28N2O3/c1-22(2,3)27-21(26)24-12-10-17(11-13-24)20(25)9-8-16-14-18-6-4-5-7-19(18)23-15-16/h4-9,14-15,17,20,25H,10-13H2,1-3H3/b9-8-. The highest BCUT2D eigenvalue weighted by Crippen LogP contribution is 2.24. The lowest BCUT2D eigenvalue weighted by Gasteiger charge is -2.34. The Hall–Kier alpha value is -2.40. The van der Waals surface area contributed by atoms with Crippen LogP contribution < -0.4 is 0 Å². The minimum atomic E-state index is -0.530. The molecular weight excluding hydrogens is 340 g/mol. The molecule has 1 amide bonds. The molecule has 1 N–H and O–H groups in total. The van der Waals surface area contributed by atoms with Crippen LogP contribution in [-0.4, -0.2) is 45.9 Å². The van der Waals surface area contributed by atoms with Gasteiger partial charge in [0.25, 0.3) is 0 Å². The molecule has 1 fully saturated rings. The molecule has 1 saturated heterocycles. The van der Waals surface area contributed by atoms with Gasteiger partial charge in [-0.2, -0.15) is 0 Å². The quantitative estimate of drug-likeness (QED) is 0.879. The zero-order valence-electron chi connectivity index (χ0n) is 16.3. The Morgan fingerprint density at radius 2 is 2.00 bits per heavy atom. The van der Waals surface area contributed by atoms with Crippen LogP contribution in [0.1, 0.15) is 39.2 Å². The average molecular weight is 368 g/mol. The van der Waals surface area contributed by atoms with Gasteiger partial charge >= 0.3 is 6.09 Å². The van der Waals surface area contributed by atoms with E-state index in [-0.39, 0.29) is 12.0 Å². The lowest BCUT2D eigenvalue weighted by atomic mass is 9.91. The van der Waals surface area contributed by atoms with Crippen LogP contribution in [-0.2, 0) is 4.74 Å². The number of carbonyl (C=O) groups is 1. The normalized spacial score (nSPS) is 17.4. The van der Waals surface area contributed by atoms with Crippen molar-refractivity contribution in [3.8, 4) is 0 Å². The summed E-state index contributed by atoms with van der Waals surface area (Å²) < 4.78 is 5.42. The molecule has 1 aromatic heterocycles. The van der Waals surface area contributed by atoms with Crippen molar-refractivity contribution in [2.45, 2.75) is 45.3 Å². The van der Waals surface area contributed by atoms with Crippen molar-refractivity contribution in [1.29, 1.82) is 0 Å². The SMILES string of the molecule is CC(C)(C)OC(=O)N1CCC(C(O)/C=C\c2cnc3ccccc3c2)CC1. The molecule has 1 aliphatic rings. The van der Waals surface area contributed by atoms with Gasteiger partial charge in [0, 0.05) is 24.7 Å². The number of para-hydroxylation sites is 1. The van der Waals surface area contributed by atoms with E-state index in [1.165, 1.54) is 0 Å². The van der Waals surface area contributed by atoms with Crippen LogP contribution in [0.25, 0.3) is 17.0 Å². The number of piperidine rings is 1. The van der Waals surface area contributed by atoms with E-state index in [1.807, 2.05) is 63.4 Å². The molecule has 1 aromatic carbocycles. The summed E-state index contributed by atoms with van der Waals surface area (Å²) in [6.07, 6.45) is 6.30. The Labute approximate surface area is 160 Å². The van der Waals surface area contributed by atoms with Gasteiger partial charge in [-0.1, -0.05) is 30.4 Å². The van der Waals surface area contributed by atoms with Crippen LogP contribution in [0.4, 0.5) is 4.79 Å². The van der Waals surface area contributed by atoms with Crippen LogP contribution in [0.3, 0.4) is 0 Å². The molecule has 5 nitrogen and oxygen atoms in total. The van der Waals surface area contributed by atoms with Crippen LogP contribution in [0, 0.1) is 5.92 Å². The monoisotopic (exact) mass is 368 g/mol. The zero-order valence-corrected chi connectivity index (χ0v) is 16.3. The predicted octanol–water partition coefficient (Wildman–Crippen LogP) is 4.26. The van der Waals surface area contributed by atoms with Crippen LogP contribution >= 0.6 is 0 Å². The lowest BCUT2D eigenvalue weighted by molar-refractivity contribution is 0.0123. The van der Waals surface area contributed by atoms with Crippen molar-refractivity contribution in [1.82, 2.24) is 9.88 Å². The molecule has 0 aliphatic carbocycles. The third kappa shape index (κ3) is 5.30. The number of likely N-dealkylation sites (tertiary alicyclic amines) is 1. The Kier molecular flexibility index (Phi) is 5.80. The molecule has 144 valence electrons. The first-order valence-electron chi connectivity index (χ1n) is 9.51. The maximum absolute atomic E-state index is 12.1. The summed E-state index contributed by atoms with van der Waals surface area (Å²) in [5, 5.41) is 11.6. The molecule has 5 heteroatoms. The van der Waals surface area contributed by atoms with Gasteiger partial charge < -0.3 is 14.7 Å². The second-order valence-corrected chi connectivity index (χ2v) is 8.12. The van der Waals surface area contributed by atoms with E-state index >= 15 is 0 Å². The number of hydrogen-bond acceptors (Lipinski definition) is 4. The van der Waals surface area contributed by atoms with Crippen molar-refractivity contribution in [3.05, 3.63) is 48.2 Å². The van der Waals surface area contributed by atoms with Crippen LogP contribution in [0.2, 0.25) is 0 Å². The number of aliphatic hydroxyl groups excluding tert-OH is 1. The number of benzene rings is 1. The molecule has 3 rings (SSSR count). The molecular formula is C22H28N2O3. The number of fused-ring (bicyclic) bond motifs is 1. The first-order valence-corrected chi connectivity index (χ1v) is 9.51.